The molecule has 7 heteroatoms. The van der Waals surface area contributed by atoms with Crippen molar-refractivity contribution in [3.63, 3.8) is 0 Å². The molecule has 4 N–H and O–H groups in total. The van der Waals surface area contributed by atoms with E-state index in [2.05, 4.69) is 10.6 Å². The third-order valence-electron chi connectivity index (χ3n) is 5.72. The largest absolute Gasteiger partial charge is 0.351 e. The number of benzene rings is 2. The van der Waals surface area contributed by atoms with Crippen molar-refractivity contribution in [3.05, 3.63) is 59.2 Å². The van der Waals surface area contributed by atoms with Crippen LogP contribution in [0.3, 0.4) is 0 Å². The highest BCUT2D eigenvalue weighted by Gasteiger charge is 2.39. The van der Waals surface area contributed by atoms with Gasteiger partial charge in [0.05, 0.1) is 11.4 Å². The molecule has 0 spiro atoms. The van der Waals surface area contributed by atoms with Gasteiger partial charge in [-0.2, -0.15) is 0 Å². The van der Waals surface area contributed by atoms with Crippen molar-refractivity contribution in [2.75, 3.05) is 23.3 Å². The molecule has 2 aromatic carbocycles. The number of hydrogen-bond donors (Lipinski definition) is 3. The molecule has 1 heterocycles. The SMILES string of the molecule is Cc1cccc(C(=O)N2c3ccc(C(=O)NCC(C)(C)CN)cc3NC(=O)C2C(C)C)c1. The quantitative estimate of drug-likeness (QED) is 0.646. The number of nitrogens with zero attached hydrogens (tertiary/aromatic N) is 1. The van der Waals surface area contributed by atoms with E-state index in [-0.39, 0.29) is 29.1 Å². The molecule has 1 aliphatic rings. The monoisotopic (exact) mass is 436 g/mol. The van der Waals surface area contributed by atoms with Gasteiger partial charge < -0.3 is 16.4 Å². The number of nitrogens with one attached hydrogen (secondary N) is 2. The molecule has 3 rings (SSSR count). The molecule has 1 aliphatic heterocycles. The van der Waals surface area contributed by atoms with Crippen LogP contribution in [0, 0.1) is 18.3 Å². The van der Waals surface area contributed by atoms with Gasteiger partial charge in [0.15, 0.2) is 0 Å². The lowest BCUT2D eigenvalue weighted by molar-refractivity contribution is -0.118. The maximum absolute atomic E-state index is 13.5. The van der Waals surface area contributed by atoms with Crippen LogP contribution in [0.15, 0.2) is 42.5 Å². The summed E-state index contributed by atoms with van der Waals surface area (Å²) in [5, 5.41) is 5.77. The summed E-state index contributed by atoms with van der Waals surface area (Å²) < 4.78 is 0. The molecule has 2 aromatic rings. The Morgan fingerprint density at radius 1 is 1.16 bits per heavy atom. The molecular weight excluding hydrogens is 404 g/mol. The molecule has 0 saturated carbocycles. The Bertz CT molecular complexity index is 1050. The van der Waals surface area contributed by atoms with Crippen molar-refractivity contribution < 1.29 is 14.4 Å². The lowest BCUT2D eigenvalue weighted by atomic mass is 9.93. The molecule has 1 unspecified atom stereocenters. The van der Waals surface area contributed by atoms with Gasteiger partial charge in [-0.15, -0.1) is 0 Å². The van der Waals surface area contributed by atoms with E-state index < -0.39 is 6.04 Å². The van der Waals surface area contributed by atoms with E-state index in [0.29, 0.717) is 35.6 Å². The summed E-state index contributed by atoms with van der Waals surface area (Å²) in [5.41, 5.74) is 8.42. The molecule has 170 valence electrons. The van der Waals surface area contributed by atoms with Crippen LogP contribution >= 0.6 is 0 Å². The van der Waals surface area contributed by atoms with Crippen LogP contribution in [-0.4, -0.2) is 36.9 Å². The first kappa shape index (κ1) is 23.5. The maximum Gasteiger partial charge on any atom is 0.259 e. The summed E-state index contributed by atoms with van der Waals surface area (Å²) in [5.74, 6) is -0.870. The number of carbonyl (C=O) groups excluding carboxylic acids is 3. The minimum absolute atomic E-state index is 0.0987. The lowest BCUT2D eigenvalue weighted by Crippen LogP contribution is -2.53. The predicted octanol–water partition coefficient (Wildman–Crippen LogP) is 3.33. The zero-order chi connectivity index (χ0) is 23.6. The van der Waals surface area contributed by atoms with Gasteiger partial charge in [-0.1, -0.05) is 45.4 Å². The Hall–Kier alpha value is -3.19. The van der Waals surface area contributed by atoms with Crippen LogP contribution in [-0.2, 0) is 4.79 Å². The average molecular weight is 437 g/mol. The first-order valence-corrected chi connectivity index (χ1v) is 10.9. The summed E-state index contributed by atoms with van der Waals surface area (Å²) in [4.78, 5) is 40.7. The molecule has 0 fully saturated rings. The standard InChI is InChI=1S/C25H32N4O3/c1-15(2)21-23(31)28-19-12-17(22(30)27-14-25(4,5)13-26)9-10-20(19)29(21)24(32)18-8-6-7-16(3)11-18/h6-12,15,21H,13-14,26H2,1-5H3,(H,27,30)(H,28,31). The fraction of sp³-hybridized carbons (Fsp3) is 0.400. The fourth-order valence-electron chi connectivity index (χ4n) is 3.71. The number of carbonyl (C=O) groups is 3. The van der Waals surface area contributed by atoms with Gasteiger partial charge in [-0.25, -0.2) is 0 Å². The molecule has 3 amide bonds. The van der Waals surface area contributed by atoms with E-state index in [9.17, 15) is 14.4 Å². The Morgan fingerprint density at radius 3 is 2.50 bits per heavy atom. The van der Waals surface area contributed by atoms with E-state index in [4.69, 9.17) is 5.73 Å². The molecule has 1 atom stereocenters. The van der Waals surface area contributed by atoms with Crippen molar-refractivity contribution in [1.82, 2.24) is 5.32 Å². The van der Waals surface area contributed by atoms with E-state index in [1.165, 1.54) is 0 Å². The second-order valence-corrected chi connectivity index (χ2v) is 9.51. The van der Waals surface area contributed by atoms with E-state index in [1.807, 2.05) is 52.8 Å². The van der Waals surface area contributed by atoms with Gasteiger partial charge in [-0.3, -0.25) is 19.3 Å². The van der Waals surface area contributed by atoms with Crippen molar-refractivity contribution in [2.45, 2.75) is 40.7 Å². The van der Waals surface area contributed by atoms with Crippen molar-refractivity contribution in [3.8, 4) is 0 Å². The highest BCUT2D eigenvalue weighted by Crippen LogP contribution is 2.36. The second-order valence-electron chi connectivity index (χ2n) is 9.51. The summed E-state index contributed by atoms with van der Waals surface area (Å²) in [6.07, 6.45) is 0. The number of fused-ring (bicyclic) bond motifs is 1. The van der Waals surface area contributed by atoms with Gasteiger partial charge in [0.25, 0.3) is 11.8 Å². The van der Waals surface area contributed by atoms with Crippen LogP contribution in [0.4, 0.5) is 11.4 Å². The van der Waals surface area contributed by atoms with Crippen LogP contribution in [0.2, 0.25) is 0 Å². The molecular formula is C25H32N4O3. The van der Waals surface area contributed by atoms with Crippen LogP contribution in [0.1, 0.15) is 54.0 Å². The summed E-state index contributed by atoms with van der Waals surface area (Å²) in [7, 11) is 0. The highest BCUT2D eigenvalue weighted by molar-refractivity contribution is 6.17. The molecule has 0 bridgehead atoms. The number of rotatable bonds is 6. The van der Waals surface area contributed by atoms with Crippen LogP contribution in [0.5, 0.6) is 0 Å². The van der Waals surface area contributed by atoms with E-state index in [0.717, 1.165) is 5.56 Å². The number of amides is 3. The Kier molecular flexibility index (Phi) is 6.69. The number of aryl methyl sites for hydroxylation is 1. The normalized spacial score (nSPS) is 15.9. The van der Waals surface area contributed by atoms with Crippen LogP contribution in [0.25, 0.3) is 0 Å². The maximum atomic E-state index is 13.5. The zero-order valence-corrected chi connectivity index (χ0v) is 19.4. The summed E-state index contributed by atoms with van der Waals surface area (Å²) in [6, 6.07) is 11.7. The molecule has 0 saturated heterocycles. The number of hydrogen-bond acceptors (Lipinski definition) is 4. The Labute approximate surface area is 189 Å². The minimum atomic E-state index is -0.652. The topological polar surface area (TPSA) is 105 Å². The first-order valence-electron chi connectivity index (χ1n) is 10.9. The third kappa shape index (κ3) is 4.83. The smallest absolute Gasteiger partial charge is 0.259 e. The predicted molar refractivity (Wildman–Crippen MR) is 127 cm³/mol. The second kappa shape index (κ2) is 9.12. The minimum Gasteiger partial charge on any atom is -0.351 e. The van der Waals surface area contributed by atoms with Gasteiger partial charge in [-0.05, 0) is 55.1 Å². The van der Waals surface area contributed by atoms with Gasteiger partial charge in [0.1, 0.15) is 6.04 Å². The summed E-state index contributed by atoms with van der Waals surface area (Å²) in [6.45, 7) is 10.6. The van der Waals surface area contributed by atoms with Crippen molar-refractivity contribution >= 4 is 29.1 Å². The fourth-order valence-corrected chi connectivity index (χ4v) is 3.71. The van der Waals surface area contributed by atoms with Crippen molar-refractivity contribution in [1.29, 1.82) is 0 Å². The van der Waals surface area contributed by atoms with Gasteiger partial charge >= 0.3 is 0 Å². The third-order valence-corrected chi connectivity index (χ3v) is 5.72. The Balaban J connectivity index is 1.97. The molecule has 0 aromatic heterocycles. The number of nitrogens with two attached hydrogens (primary N) is 1. The molecule has 0 radical (unpaired) electrons. The average Bonchev–Trinajstić information content (AvgIpc) is 2.75. The highest BCUT2D eigenvalue weighted by atomic mass is 16.2. The van der Waals surface area contributed by atoms with Gasteiger partial charge in [0.2, 0.25) is 5.91 Å². The molecule has 32 heavy (non-hydrogen) atoms. The zero-order valence-electron chi connectivity index (χ0n) is 19.4. The number of anilines is 2. The van der Waals surface area contributed by atoms with Crippen LogP contribution < -0.4 is 21.3 Å². The van der Waals surface area contributed by atoms with Gasteiger partial charge in [0, 0.05) is 17.7 Å². The van der Waals surface area contributed by atoms with E-state index >= 15 is 0 Å². The van der Waals surface area contributed by atoms with Crippen molar-refractivity contribution in [2.24, 2.45) is 17.1 Å². The first-order chi connectivity index (χ1) is 15.0. The Morgan fingerprint density at radius 2 is 1.88 bits per heavy atom. The van der Waals surface area contributed by atoms with E-state index in [1.54, 1.807) is 29.2 Å². The molecule has 7 nitrogen and oxygen atoms in total. The lowest BCUT2D eigenvalue weighted by Gasteiger charge is -2.38. The summed E-state index contributed by atoms with van der Waals surface area (Å²) >= 11 is 0. The molecule has 0 aliphatic carbocycles.